The van der Waals surface area contributed by atoms with Crippen LogP contribution in [-0.4, -0.2) is 36.5 Å². The quantitative estimate of drug-likeness (QED) is 0.732. The van der Waals surface area contributed by atoms with E-state index in [1.165, 1.54) is 28.6 Å². The zero-order chi connectivity index (χ0) is 19.3. The molecular formula is C18H18Cl2N2O4S. The van der Waals surface area contributed by atoms with E-state index in [9.17, 15) is 13.2 Å². The van der Waals surface area contributed by atoms with Crippen molar-refractivity contribution in [2.45, 2.75) is 36.8 Å². The molecule has 1 saturated heterocycles. The van der Waals surface area contributed by atoms with Crippen LogP contribution >= 0.6 is 23.2 Å². The van der Waals surface area contributed by atoms with Crippen LogP contribution in [0.2, 0.25) is 10.0 Å². The number of hydrogen-bond donors (Lipinski definition) is 0. The monoisotopic (exact) mass is 428 g/mol. The molecule has 2 fully saturated rings. The lowest BCUT2D eigenvalue weighted by Crippen LogP contribution is -2.56. The van der Waals surface area contributed by atoms with Crippen LogP contribution in [0.15, 0.2) is 40.0 Å². The van der Waals surface area contributed by atoms with Crippen LogP contribution in [0.4, 0.5) is 0 Å². The summed E-state index contributed by atoms with van der Waals surface area (Å²) in [5, 5.41) is 0.432. The van der Waals surface area contributed by atoms with E-state index >= 15 is 0 Å². The third-order valence-corrected chi connectivity index (χ3v) is 7.32. The molecule has 0 radical (unpaired) electrons. The summed E-state index contributed by atoms with van der Waals surface area (Å²) < 4.78 is 34.3. The molecule has 0 atom stereocenters. The number of pyridine rings is 1. The first kappa shape index (κ1) is 18.8. The molecule has 1 aromatic heterocycles. The molecule has 2 aromatic rings. The molecule has 1 aromatic carbocycles. The van der Waals surface area contributed by atoms with E-state index in [1.807, 2.05) is 13.0 Å². The average molecular weight is 429 g/mol. The van der Waals surface area contributed by atoms with E-state index in [0.717, 1.165) is 18.5 Å². The zero-order valence-electron chi connectivity index (χ0n) is 14.6. The number of benzene rings is 1. The summed E-state index contributed by atoms with van der Waals surface area (Å²) in [5.74, 6) is 0.470. The Kier molecular flexibility index (Phi) is 4.74. The number of nitrogens with zero attached hydrogens (tertiary/aromatic N) is 2. The van der Waals surface area contributed by atoms with Crippen molar-refractivity contribution in [1.82, 2.24) is 8.87 Å². The molecule has 2 heterocycles. The first-order valence-electron chi connectivity index (χ1n) is 8.61. The van der Waals surface area contributed by atoms with Gasteiger partial charge in [0.15, 0.2) is 0 Å². The Morgan fingerprint density at radius 1 is 1.11 bits per heavy atom. The van der Waals surface area contributed by atoms with Crippen molar-refractivity contribution in [2.75, 3.05) is 13.1 Å². The maximum absolute atomic E-state index is 12.7. The van der Waals surface area contributed by atoms with Crippen LogP contribution in [0, 0.1) is 6.92 Å². The van der Waals surface area contributed by atoms with Gasteiger partial charge in [-0.2, -0.15) is 4.31 Å². The summed E-state index contributed by atoms with van der Waals surface area (Å²) in [6, 6.07) is 7.94. The fourth-order valence-electron chi connectivity index (χ4n) is 3.23. The lowest BCUT2D eigenvalue weighted by atomic mass is 10.2. The van der Waals surface area contributed by atoms with Gasteiger partial charge in [0.1, 0.15) is 16.7 Å². The molecule has 0 N–H and O–H groups in total. The minimum atomic E-state index is -3.74. The second kappa shape index (κ2) is 6.81. The van der Waals surface area contributed by atoms with Gasteiger partial charge in [-0.15, -0.1) is 0 Å². The molecule has 9 heteroatoms. The summed E-state index contributed by atoms with van der Waals surface area (Å²) in [6.45, 7) is 2.26. The minimum Gasteiger partial charge on any atom is -0.487 e. The molecule has 144 valence electrons. The third kappa shape index (κ3) is 3.61. The number of aryl methyl sites for hydroxylation is 1. The standard InChI is InChI=1S/C18H18Cl2N2O4S/c1-11-6-14(8-18(23)22(11)13-3-4-13)26-15-9-21(10-15)27(24,25)17-7-12(19)2-5-16(17)20/h2,5-8,13,15H,3-4,9-10H2,1H3. The highest BCUT2D eigenvalue weighted by Crippen LogP contribution is 2.35. The van der Waals surface area contributed by atoms with E-state index < -0.39 is 10.0 Å². The highest BCUT2D eigenvalue weighted by atomic mass is 35.5. The fraction of sp³-hybridized carbons (Fsp3) is 0.389. The molecule has 1 aliphatic heterocycles. The van der Waals surface area contributed by atoms with Gasteiger partial charge in [-0.1, -0.05) is 23.2 Å². The summed E-state index contributed by atoms with van der Waals surface area (Å²) in [7, 11) is -3.74. The lowest BCUT2D eigenvalue weighted by molar-refractivity contribution is 0.0758. The first-order valence-corrected chi connectivity index (χ1v) is 10.8. The van der Waals surface area contributed by atoms with Crippen LogP contribution in [0.5, 0.6) is 5.75 Å². The molecule has 1 saturated carbocycles. The van der Waals surface area contributed by atoms with Gasteiger partial charge in [0, 0.05) is 22.8 Å². The van der Waals surface area contributed by atoms with Crippen molar-refractivity contribution in [1.29, 1.82) is 0 Å². The van der Waals surface area contributed by atoms with E-state index in [0.29, 0.717) is 16.8 Å². The lowest BCUT2D eigenvalue weighted by Gasteiger charge is -2.38. The second-order valence-corrected chi connectivity index (χ2v) is 9.66. The highest BCUT2D eigenvalue weighted by molar-refractivity contribution is 7.89. The van der Waals surface area contributed by atoms with E-state index in [4.69, 9.17) is 27.9 Å². The molecule has 0 spiro atoms. The summed E-state index contributed by atoms with van der Waals surface area (Å²) in [4.78, 5) is 12.2. The van der Waals surface area contributed by atoms with Gasteiger partial charge < -0.3 is 9.30 Å². The Morgan fingerprint density at radius 3 is 2.44 bits per heavy atom. The second-order valence-electron chi connectivity index (χ2n) is 6.91. The Morgan fingerprint density at radius 2 is 1.81 bits per heavy atom. The largest absolute Gasteiger partial charge is 0.487 e. The molecule has 1 aliphatic carbocycles. The van der Waals surface area contributed by atoms with Crippen LogP contribution < -0.4 is 10.3 Å². The molecule has 4 rings (SSSR count). The van der Waals surface area contributed by atoms with Gasteiger partial charge >= 0.3 is 0 Å². The Labute approximate surface area is 167 Å². The predicted octanol–water partition coefficient (Wildman–Crippen LogP) is 3.25. The van der Waals surface area contributed by atoms with E-state index in [2.05, 4.69) is 0 Å². The van der Waals surface area contributed by atoms with Crippen molar-refractivity contribution in [2.24, 2.45) is 0 Å². The molecule has 27 heavy (non-hydrogen) atoms. The third-order valence-electron chi connectivity index (χ3n) is 4.77. The fourth-order valence-corrected chi connectivity index (χ4v) is 5.47. The molecule has 0 bridgehead atoms. The smallest absolute Gasteiger partial charge is 0.254 e. The van der Waals surface area contributed by atoms with Gasteiger partial charge in [0.2, 0.25) is 10.0 Å². The Balaban J connectivity index is 1.45. The normalized spacial score (nSPS) is 18.3. The van der Waals surface area contributed by atoms with Crippen molar-refractivity contribution >= 4 is 33.2 Å². The zero-order valence-corrected chi connectivity index (χ0v) is 16.9. The van der Waals surface area contributed by atoms with Crippen molar-refractivity contribution in [3.05, 3.63) is 56.4 Å². The Hall–Kier alpha value is -1.54. The number of aromatic nitrogens is 1. The van der Waals surface area contributed by atoms with Gasteiger partial charge in [0.25, 0.3) is 5.56 Å². The van der Waals surface area contributed by atoms with Crippen LogP contribution in [0.1, 0.15) is 24.6 Å². The number of sulfonamides is 1. The summed E-state index contributed by atoms with van der Waals surface area (Å²) >= 11 is 11.9. The van der Waals surface area contributed by atoms with E-state index in [1.54, 1.807) is 4.57 Å². The highest BCUT2D eigenvalue weighted by Gasteiger charge is 2.39. The van der Waals surface area contributed by atoms with Gasteiger partial charge in [-0.3, -0.25) is 4.79 Å². The number of ether oxygens (including phenoxy) is 1. The minimum absolute atomic E-state index is 0.0157. The molecule has 0 unspecified atom stereocenters. The maximum Gasteiger partial charge on any atom is 0.254 e. The number of halogens is 2. The van der Waals surface area contributed by atoms with Gasteiger partial charge in [-0.25, -0.2) is 8.42 Å². The topological polar surface area (TPSA) is 68.6 Å². The Bertz CT molecular complexity index is 1060. The molecular weight excluding hydrogens is 411 g/mol. The SMILES string of the molecule is Cc1cc(OC2CN(S(=O)(=O)c3cc(Cl)ccc3Cl)C2)cc(=O)n1C1CC1. The van der Waals surface area contributed by atoms with Crippen molar-refractivity contribution in [3.63, 3.8) is 0 Å². The molecule has 0 amide bonds. The van der Waals surface area contributed by atoms with Gasteiger partial charge in [0.05, 0.1) is 18.1 Å². The summed E-state index contributed by atoms with van der Waals surface area (Å²) in [6.07, 6.45) is 1.75. The van der Waals surface area contributed by atoms with E-state index in [-0.39, 0.29) is 34.7 Å². The van der Waals surface area contributed by atoms with Crippen molar-refractivity contribution < 1.29 is 13.2 Å². The van der Waals surface area contributed by atoms with Crippen molar-refractivity contribution in [3.8, 4) is 5.75 Å². The molecule has 2 aliphatic rings. The first-order chi connectivity index (χ1) is 12.8. The van der Waals surface area contributed by atoms with Crippen LogP contribution in [-0.2, 0) is 10.0 Å². The molecule has 6 nitrogen and oxygen atoms in total. The number of rotatable bonds is 5. The predicted molar refractivity (Wildman–Crippen MR) is 103 cm³/mol. The maximum atomic E-state index is 12.7. The average Bonchev–Trinajstić information content (AvgIpc) is 3.36. The number of hydrogen-bond acceptors (Lipinski definition) is 4. The summed E-state index contributed by atoms with van der Waals surface area (Å²) in [5.41, 5.74) is 0.775. The van der Waals surface area contributed by atoms with Crippen LogP contribution in [0.3, 0.4) is 0 Å². The van der Waals surface area contributed by atoms with Crippen LogP contribution in [0.25, 0.3) is 0 Å². The van der Waals surface area contributed by atoms with Gasteiger partial charge in [-0.05, 0) is 44.0 Å².